The number of rotatable bonds is 6. The Labute approximate surface area is 130 Å². The van der Waals surface area contributed by atoms with Gasteiger partial charge in [0.25, 0.3) is 0 Å². The first-order chi connectivity index (χ1) is 10.4. The molecule has 1 aliphatic heterocycles. The monoisotopic (exact) mass is 302 g/mol. The summed E-state index contributed by atoms with van der Waals surface area (Å²) in [5, 5.41) is 3.26. The highest BCUT2D eigenvalue weighted by atomic mass is 32.1. The minimum absolute atomic E-state index is 0.377. The minimum atomic E-state index is 0.377. The molecule has 1 atom stereocenters. The van der Waals surface area contributed by atoms with Crippen LogP contribution >= 0.6 is 11.3 Å². The van der Waals surface area contributed by atoms with E-state index in [0.29, 0.717) is 6.10 Å². The third-order valence-electron chi connectivity index (χ3n) is 3.90. The van der Waals surface area contributed by atoms with Crippen molar-refractivity contribution in [2.45, 2.75) is 31.9 Å². The maximum Gasteiger partial charge on any atom is 0.107 e. The zero-order valence-electron chi connectivity index (χ0n) is 12.3. The van der Waals surface area contributed by atoms with Crippen LogP contribution < -0.4 is 0 Å². The summed E-state index contributed by atoms with van der Waals surface area (Å²) in [6.07, 6.45) is 5.75. The van der Waals surface area contributed by atoms with Gasteiger partial charge in [0.15, 0.2) is 0 Å². The third kappa shape index (κ3) is 4.63. The van der Waals surface area contributed by atoms with Crippen molar-refractivity contribution in [3.05, 3.63) is 52.5 Å². The van der Waals surface area contributed by atoms with Gasteiger partial charge in [0.05, 0.1) is 19.3 Å². The van der Waals surface area contributed by atoms with Crippen LogP contribution in [0.5, 0.6) is 0 Å². The molecule has 1 aliphatic rings. The van der Waals surface area contributed by atoms with Gasteiger partial charge in [-0.15, -0.1) is 11.3 Å². The molecule has 1 saturated heterocycles. The summed E-state index contributed by atoms with van der Waals surface area (Å²) in [5.41, 5.74) is 1.42. The molecular formula is C17H22N2OS. The third-order valence-corrected chi connectivity index (χ3v) is 4.66. The molecule has 1 aromatic heterocycles. The molecule has 0 saturated carbocycles. The molecule has 21 heavy (non-hydrogen) atoms. The van der Waals surface area contributed by atoms with Crippen LogP contribution in [0.1, 0.15) is 23.4 Å². The number of ether oxygens (including phenoxy) is 1. The molecule has 0 amide bonds. The van der Waals surface area contributed by atoms with E-state index in [1.54, 1.807) is 11.3 Å². The lowest BCUT2D eigenvalue weighted by Gasteiger charge is -2.32. The predicted octanol–water partition coefficient (Wildman–Crippen LogP) is 3.37. The number of hydrogen-bond acceptors (Lipinski definition) is 4. The Morgan fingerprint density at radius 2 is 2.19 bits per heavy atom. The molecule has 3 nitrogen and oxygen atoms in total. The summed E-state index contributed by atoms with van der Waals surface area (Å²) in [5.74, 6) is 0. The van der Waals surface area contributed by atoms with E-state index in [0.717, 1.165) is 39.1 Å². The largest absolute Gasteiger partial charge is 0.376 e. The quantitative estimate of drug-likeness (QED) is 0.818. The van der Waals surface area contributed by atoms with Gasteiger partial charge in [0.2, 0.25) is 0 Å². The van der Waals surface area contributed by atoms with Crippen molar-refractivity contribution < 1.29 is 4.74 Å². The lowest BCUT2D eigenvalue weighted by Crippen LogP contribution is -2.41. The second kappa shape index (κ2) is 7.69. The zero-order chi connectivity index (χ0) is 14.3. The van der Waals surface area contributed by atoms with E-state index >= 15 is 0 Å². The van der Waals surface area contributed by atoms with Gasteiger partial charge in [-0.3, -0.25) is 4.90 Å². The summed E-state index contributed by atoms with van der Waals surface area (Å²) in [4.78, 5) is 6.84. The molecule has 1 aromatic carbocycles. The van der Waals surface area contributed by atoms with Crippen LogP contribution in [0.4, 0.5) is 0 Å². The number of hydrogen-bond donors (Lipinski definition) is 0. The van der Waals surface area contributed by atoms with E-state index in [1.807, 2.05) is 11.6 Å². The van der Waals surface area contributed by atoms with E-state index in [1.165, 1.54) is 17.0 Å². The van der Waals surface area contributed by atoms with E-state index in [2.05, 4.69) is 40.2 Å². The molecule has 2 heterocycles. The van der Waals surface area contributed by atoms with Gasteiger partial charge < -0.3 is 4.74 Å². The van der Waals surface area contributed by atoms with Crippen LogP contribution in [-0.2, 0) is 17.7 Å². The molecular weight excluding hydrogens is 280 g/mol. The van der Waals surface area contributed by atoms with Crippen molar-refractivity contribution in [3.8, 4) is 0 Å². The maximum atomic E-state index is 5.91. The fourth-order valence-electron chi connectivity index (χ4n) is 2.80. The van der Waals surface area contributed by atoms with Crippen molar-refractivity contribution in [2.24, 2.45) is 0 Å². The van der Waals surface area contributed by atoms with Crippen molar-refractivity contribution in [1.82, 2.24) is 9.88 Å². The van der Waals surface area contributed by atoms with Crippen LogP contribution in [0, 0.1) is 0 Å². The van der Waals surface area contributed by atoms with E-state index in [-0.39, 0.29) is 0 Å². The molecule has 0 radical (unpaired) electrons. The zero-order valence-corrected chi connectivity index (χ0v) is 13.1. The fraction of sp³-hybridized carbons (Fsp3) is 0.471. The van der Waals surface area contributed by atoms with Gasteiger partial charge in [-0.25, -0.2) is 4.98 Å². The Morgan fingerprint density at radius 1 is 1.29 bits per heavy atom. The summed E-state index contributed by atoms with van der Waals surface area (Å²) >= 11 is 1.74. The first-order valence-electron chi connectivity index (χ1n) is 7.66. The molecule has 0 N–H and O–H groups in total. The Kier molecular flexibility index (Phi) is 5.38. The van der Waals surface area contributed by atoms with Crippen LogP contribution in [0.15, 0.2) is 41.9 Å². The summed E-state index contributed by atoms with van der Waals surface area (Å²) < 4.78 is 5.91. The van der Waals surface area contributed by atoms with Crippen LogP contribution in [0.3, 0.4) is 0 Å². The van der Waals surface area contributed by atoms with Gasteiger partial charge in [0.1, 0.15) is 5.01 Å². The molecule has 0 bridgehead atoms. The summed E-state index contributed by atoms with van der Waals surface area (Å²) in [6, 6.07) is 10.7. The van der Waals surface area contributed by atoms with E-state index in [4.69, 9.17) is 4.74 Å². The van der Waals surface area contributed by atoms with Gasteiger partial charge in [-0.05, 0) is 24.8 Å². The molecule has 0 unspecified atom stereocenters. The fourth-order valence-corrected chi connectivity index (χ4v) is 3.46. The van der Waals surface area contributed by atoms with Crippen molar-refractivity contribution in [1.29, 1.82) is 0 Å². The second-order valence-electron chi connectivity index (χ2n) is 5.53. The normalized spacial score (nSPS) is 19.7. The molecule has 112 valence electrons. The Bertz CT molecular complexity index is 515. The van der Waals surface area contributed by atoms with Crippen molar-refractivity contribution >= 4 is 11.3 Å². The Hall–Kier alpha value is -1.23. The average molecular weight is 302 g/mol. The highest BCUT2D eigenvalue weighted by molar-refractivity contribution is 7.09. The van der Waals surface area contributed by atoms with Crippen molar-refractivity contribution in [3.63, 3.8) is 0 Å². The number of thiazole rings is 1. The standard InChI is InChI=1S/C17H22N2OS/c1-2-5-15(6-3-1)7-4-8-16-13-19(10-11-20-16)14-17-18-9-12-21-17/h1-3,5-6,9,12,16H,4,7-8,10-11,13-14H2/t16-/m0/s1. The van der Waals surface area contributed by atoms with Gasteiger partial charge in [-0.1, -0.05) is 30.3 Å². The van der Waals surface area contributed by atoms with Gasteiger partial charge in [-0.2, -0.15) is 0 Å². The molecule has 4 heteroatoms. The van der Waals surface area contributed by atoms with E-state index < -0.39 is 0 Å². The van der Waals surface area contributed by atoms with Crippen LogP contribution in [-0.4, -0.2) is 35.7 Å². The molecule has 0 spiro atoms. The number of aromatic nitrogens is 1. The SMILES string of the molecule is c1ccc(CCC[C@H]2CN(Cc3nccs3)CCO2)cc1. The van der Waals surface area contributed by atoms with Crippen LogP contribution in [0.25, 0.3) is 0 Å². The average Bonchev–Trinajstić information content (AvgIpc) is 3.02. The summed E-state index contributed by atoms with van der Waals surface area (Å²) in [6.45, 7) is 3.88. The number of morpholine rings is 1. The number of aryl methyl sites for hydroxylation is 1. The Morgan fingerprint density at radius 3 is 3.00 bits per heavy atom. The molecule has 2 aromatic rings. The Balaban J connectivity index is 1.41. The number of benzene rings is 1. The second-order valence-corrected chi connectivity index (χ2v) is 6.51. The van der Waals surface area contributed by atoms with Crippen molar-refractivity contribution in [2.75, 3.05) is 19.7 Å². The van der Waals surface area contributed by atoms with Crippen LogP contribution in [0.2, 0.25) is 0 Å². The van der Waals surface area contributed by atoms with E-state index in [9.17, 15) is 0 Å². The minimum Gasteiger partial charge on any atom is -0.376 e. The first-order valence-corrected chi connectivity index (χ1v) is 8.54. The molecule has 1 fully saturated rings. The topological polar surface area (TPSA) is 25.4 Å². The maximum absolute atomic E-state index is 5.91. The number of nitrogens with zero attached hydrogens (tertiary/aromatic N) is 2. The summed E-state index contributed by atoms with van der Waals surface area (Å²) in [7, 11) is 0. The smallest absolute Gasteiger partial charge is 0.107 e. The molecule has 3 rings (SSSR count). The highest BCUT2D eigenvalue weighted by Crippen LogP contribution is 2.16. The lowest BCUT2D eigenvalue weighted by atomic mass is 10.1. The van der Waals surface area contributed by atoms with Gasteiger partial charge in [0, 0.05) is 24.7 Å². The first kappa shape index (κ1) is 14.7. The highest BCUT2D eigenvalue weighted by Gasteiger charge is 2.20. The van der Waals surface area contributed by atoms with Gasteiger partial charge >= 0.3 is 0 Å². The lowest BCUT2D eigenvalue weighted by molar-refractivity contribution is -0.0355. The molecule has 0 aliphatic carbocycles. The predicted molar refractivity (Wildman–Crippen MR) is 86.5 cm³/mol.